The molecule has 0 saturated heterocycles. The van der Waals surface area contributed by atoms with Crippen LogP contribution in [0, 0.1) is 6.92 Å². The number of rotatable bonds is 2. The zero-order valence-corrected chi connectivity index (χ0v) is 9.03. The van der Waals surface area contributed by atoms with Gasteiger partial charge in [-0.3, -0.25) is 0 Å². The van der Waals surface area contributed by atoms with Gasteiger partial charge >= 0.3 is 0 Å². The molecule has 1 heterocycles. The van der Waals surface area contributed by atoms with Gasteiger partial charge in [0.05, 0.1) is 0 Å². The van der Waals surface area contributed by atoms with Crippen LogP contribution in [0.15, 0.2) is 34.3 Å². The molecule has 0 amide bonds. The Morgan fingerprint density at radius 2 is 1.87 bits per heavy atom. The van der Waals surface area contributed by atoms with E-state index in [0.29, 0.717) is 11.0 Å². The lowest BCUT2D eigenvalue weighted by atomic mass is 10.3. The van der Waals surface area contributed by atoms with Crippen LogP contribution in [-0.2, 0) is 0 Å². The first-order valence-corrected chi connectivity index (χ1v) is 5.19. The third-order valence-corrected chi connectivity index (χ3v) is 2.89. The molecule has 0 radical (unpaired) electrons. The number of anilines is 1. The molecule has 6 heteroatoms. The van der Waals surface area contributed by atoms with E-state index in [0.717, 1.165) is 10.6 Å². The Hall–Kier alpha value is -1.69. The first kappa shape index (κ1) is 9.85. The highest BCUT2D eigenvalue weighted by atomic mass is 32.2. The lowest BCUT2D eigenvalue weighted by molar-refractivity contribution is 0.825. The van der Waals surface area contributed by atoms with Gasteiger partial charge in [-0.15, -0.1) is 10.2 Å². The van der Waals surface area contributed by atoms with E-state index >= 15 is 0 Å². The molecule has 0 aliphatic carbocycles. The van der Waals surface area contributed by atoms with Crippen LogP contribution in [0.5, 0.6) is 0 Å². The van der Waals surface area contributed by atoms with Gasteiger partial charge < -0.3 is 11.6 Å². The van der Waals surface area contributed by atoms with Crippen LogP contribution in [0.25, 0.3) is 0 Å². The summed E-state index contributed by atoms with van der Waals surface area (Å²) in [6.07, 6.45) is 0. The summed E-state index contributed by atoms with van der Waals surface area (Å²) >= 11 is 1.45. The number of benzene rings is 1. The molecule has 5 nitrogen and oxygen atoms in total. The highest BCUT2D eigenvalue weighted by Gasteiger charge is 2.06. The maximum absolute atomic E-state index is 5.73. The van der Waals surface area contributed by atoms with Crippen molar-refractivity contribution in [2.75, 3.05) is 11.6 Å². The number of hydrogen-bond donors (Lipinski definition) is 2. The normalized spacial score (nSPS) is 10.5. The minimum atomic E-state index is 0.664. The summed E-state index contributed by atoms with van der Waals surface area (Å²) in [4.78, 5) is 1.03. The van der Waals surface area contributed by atoms with Gasteiger partial charge in [-0.1, -0.05) is 0 Å². The van der Waals surface area contributed by atoms with E-state index < -0.39 is 0 Å². The molecular weight excluding hydrogens is 210 g/mol. The fraction of sp³-hybridized carbons (Fsp3) is 0.111. The smallest absolute Gasteiger partial charge is 0.214 e. The molecule has 78 valence electrons. The molecule has 0 spiro atoms. The summed E-state index contributed by atoms with van der Waals surface area (Å²) < 4.78 is 1.46. The Balaban J connectivity index is 2.22. The van der Waals surface area contributed by atoms with Gasteiger partial charge in [-0.2, -0.15) is 0 Å². The van der Waals surface area contributed by atoms with Crippen molar-refractivity contribution in [2.24, 2.45) is 0 Å². The predicted molar refractivity (Wildman–Crippen MR) is 59.9 cm³/mol. The lowest BCUT2D eigenvalue weighted by Crippen LogP contribution is -2.11. The van der Waals surface area contributed by atoms with Crippen LogP contribution in [0.3, 0.4) is 0 Å². The van der Waals surface area contributed by atoms with Gasteiger partial charge in [0.1, 0.15) is 5.82 Å². The van der Waals surface area contributed by atoms with E-state index in [1.807, 2.05) is 24.3 Å². The molecule has 0 unspecified atom stereocenters. The first-order chi connectivity index (χ1) is 7.16. The van der Waals surface area contributed by atoms with Gasteiger partial charge in [0, 0.05) is 10.6 Å². The topological polar surface area (TPSA) is 82.8 Å². The Bertz CT molecular complexity index is 462. The summed E-state index contributed by atoms with van der Waals surface area (Å²) in [7, 11) is 0. The summed E-state index contributed by atoms with van der Waals surface area (Å²) in [5.74, 6) is 6.41. The fourth-order valence-electron chi connectivity index (χ4n) is 1.06. The predicted octanol–water partition coefficient (Wildman–Crippen LogP) is 1.03. The molecule has 0 bridgehead atoms. The number of nitrogen functional groups attached to an aromatic ring is 2. The average molecular weight is 221 g/mol. The van der Waals surface area contributed by atoms with E-state index in [4.69, 9.17) is 11.6 Å². The molecule has 2 rings (SSSR count). The Morgan fingerprint density at radius 3 is 2.40 bits per heavy atom. The number of nitrogens with zero attached hydrogens (tertiary/aromatic N) is 3. The lowest BCUT2D eigenvalue weighted by Gasteiger charge is -2.01. The second-order valence-electron chi connectivity index (χ2n) is 3.07. The molecule has 2 aromatic rings. The van der Waals surface area contributed by atoms with Crippen molar-refractivity contribution in [1.82, 2.24) is 14.9 Å². The van der Waals surface area contributed by atoms with Crippen molar-refractivity contribution in [3.8, 4) is 0 Å². The molecule has 1 aromatic heterocycles. The Morgan fingerprint density at radius 1 is 1.20 bits per heavy atom. The first-order valence-electron chi connectivity index (χ1n) is 4.37. The monoisotopic (exact) mass is 221 g/mol. The number of hydrogen-bond acceptors (Lipinski definition) is 5. The summed E-state index contributed by atoms with van der Waals surface area (Å²) in [5, 5.41) is 8.49. The largest absolute Gasteiger partial charge is 0.399 e. The zero-order valence-electron chi connectivity index (χ0n) is 8.21. The van der Waals surface area contributed by atoms with Crippen molar-refractivity contribution < 1.29 is 0 Å². The van der Waals surface area contributed by atoms with Gasteiger partial charge in [0.2, 0.25) is 5.16 Å². The van der Waals surface area contributed by atoms with Crippen molar-refractivity contribution in [2.45, 2.75) is 17.0 Å². The number of aryl methyl sites for hydroxylation is 1. The third kappa shape index (κ3) is 2.04. The van der Waals surface area contributed by atoms with E-state index in [-0.39, 0.29) is 0 Å². The third-order valence-electron chi connectivity index (χ3n) is 1.92. The summed E-state index contributed by atoms with van der Waals surface area (Å²) in [5.41, 5.74) is 6.33. The van der Waals surface area contributed by atoms with E-state index in [1.165, 1.54) is 16.4 Å². The molecule has 0 aliphatic rings. The fourth-order valence-corrected chi connectivity index (χ4v) is 1.86. The van der Waals surface area contributed by atoms with Crippen LogP contribution in [0.4, 0.5) is 5.69 Å². The van der Waals surface area contributed by atoms with Crippen LogP contribution < -0.4 is 11.6 Å². The summed E-state index contributed by atoms with van der Waals surface area (Å²) in [6.45, 7) is 1.81. The second kappa shape index (κ2) is 3.82. The molecular formula is C9H11N5S. The van der Waals surface area contributed by atoms with Crippen molar-refractivity contribution >= 4 is 17.4 Å². The minimum absolute atomic E-state index is 0.664. The van der Waals surface area contributed by atoms with E-state index in [9.17, 15) is 0 Å². The van der Waals surface area contributed by atoms with Crippen LogP contribution in [0.1, 0.15) is 5.82 Å². The molecule has 1 aromatic carbocycles. The number of aromatic nitrogens is 3. The van der Waals surface area contributed by atoms with E-state index in [2.05, 4.69) is 10.2 Å². The maximum atomic E-state index is 5.73. The highest BCUT2D eigenvalue weighted by Crippen LogP contribution is 2.25. The maximum Gasteiger partial charge on any atom is 0.214 e. The molecule has 4 N–H and O–H groups in total. The number of nitrogens with two attached hydrogens (primary N) is 2. The van der Waals surface area contributed by atoms with Crippen molar-refractivity contribution in [3.05, 3.63) is 30.1 Å². The molecule has 0 saturated carbocycles. The van der Waals surface area contributed by atoms with Crippen molar-refractivity contribution in [3.63, 3.8) is 0 Å². The average Bonchev–Trinajstić information content (AvgIpc) is 2.53. The molecule has 15 heavy (non-hydrogen) atoms. The standard InChI is InChI=1S/C9H11N5S/c1-6-12-13-9(14(6)11)15-8-4-2-7(10)3-5-8/h2-5H,10-11H2,1H3. The van der Waals surface area contributed by atoms with Crippen LogP contribution >= 0.6 is 11.8 Å². The highest BCUT2D eigenvalue weighted by molar-refractivity contribution is 7.99. The van der Waals surface area contributed by atoms with Crippen LogP contribution in [0.2, 0.25) is 0 Å². The van der Waals surface area contributed by atoms with Gasteiger partial charge in [0.15, 0.2) is 0 Å². The van der Waals surface area contributed by atoms with Gasteiger partial charge in [-0.25, -0.2) is 4.68 Å². The Labute approximate surface area is 91.5 Å². The SMILES string of the molecule is Cc1nnc(Sc2ccc(N)cc2)n1N. The van der Waals surface area contributed by atoms with Crippen LogP contribution in [-0.4, -0.2) is 14.9 Å². The summed E-state index contributed by atoms with van der Waals surface area (Å²) in [6, 6.07) is 7.52. The van der Waals surface area contributed by atoms with Gasteiger partial charge in [-0.05, 0) is 43.0 Å². The molecule has 0 fully saturated rings. The Kier molecular flexibility index (Phi) is 2.51. The second-order valence-corrected chi connectivity index (χ2v) is 4.11. The molecule has 0 aliphatic heterocycles. The van der Waals surface area contributed by atoms with E-state index in [1.54, 1.807) is 6.92 Å². The zero-order chi connectivity index (χ0) is 10.8. The minimum Gasteiger partial charge on any atom is -0.399 e. The van der Waals surface area contributed by atoms with Gasteiger partial charge in [0.25, 0.3) is 0 Å². The molecule has 0 atom stereocenters. The quantitative estimate of drug-likeness (QED) is 0.584. The van der Waals surface area contributed by atoms with Crippen molar-refractivity contribution in [1.29, 1.82) is 0 Å².